The Bertz CT molecular complexity index is 1860. The van der Waals surface area contributed by atoms with Crippen molar-refractivity contribution in [3.63, 3.8) is 0 Å². The summed E-state index contributed by atoms with van der Waals surface area (Å²) in [5, 5.41) is 10.3. The van der Waals surface area contributed by atoms with E-state index in [1.54, 1.807) is 29.4 Å². The van der Waals surface area contributed by atoms with Gasteiger partial charge in [0.25, 0.3) is 5.79 Å². The zero-order chi connectivity index (χ0) is 34.0. The molecule has 3 aromatic carbocycles. The Morgan fingerprint density at radius 1 is 0.980 bits per heavy atom. The first-order valence-corrected chi connectivity index (χ1v) is 17.3. The van der Waals surface area contributed by atoms with E-state index >= 15 is 0 Å². The number of anilines is 2. The molecule has 0 saturated carbocycles. The number of piperazine rings is 1. The van der Waals surface area contributed by atoms with Gasteiger partial charge in [-0.3, -0.25) is 0 Å². The lowest BCUT2D eigenvalue weighted by atomic mass is 10.1. The highest BCUT2D eigenvalue weighted by Gasteiger charge is 2.48. The van der Waals surface area contributed by atoms with Gasteiger partial charge in [0.15, 0.2) is 12.9 Å². The molecule has 3 aliphatic rings. The molecule has 12 nitrogen and oxygen atoms in total. The van der Waals surface area contributed by atoms with Crippen molar-refractivity contribution in [1.82, 2.24) is 14.3 Å². The predicted molar refractivity (Wildman–Crippen MR) is 191 cm³/mol. The summed E-state index contributed by atoms with van der Waals surface area (Å²) in [4.78, 5) is 21.6. The van der Waals surface area contributed by atoms with Crippen molar-refractivity contribution < 1.29 is 19.2 Å². The fraction of sp³-hybridized carbons (Fsp3) is 0.371. The minimum atomic E-state index is -1.12. The number of benzene rings is 3. The van der Waals surface area contributed by atoms with Crippen LogP contribution in [0.5, 0.6) is 5.75 Å². The largest absolute Gasteiger partial charge is 0.491 e. The van der Waals surface area contributed by atoms with Gasteiger partial charge in [0.2, 0.25) is 6.34 Å². The molecule has 256 valence electrons. The number of rotatable bonds is 11. The number of hydrogen-bond donors (Lipinski definition) is 1. The average Bonchev–Trinajstić information content (AvgIpc) is 3.88. The molecule has 0 amide bonds. The Morgan fingerprint density at radius 3 is 2.29 bits per heavy atom. The summed E-state index contributed by atoms with van der Waals surface area (Å²) in [7, 11) is 0. The second-order valence-electron chi connectivity index (χ2n) is 12.4. The highest BCUT2D eigenvalue weighted by atomic mass is 35.5. The highest BCUT2D eigenvalue weighted by Crippen LogP contribution is 2.38. The van der Waals surface area contributed by atoms with Crippen LogP contribution in [0, 0.1) is 0 Å². The summed E-state index contributed by atoms with van der Waals surface area (Å²) >= 11 is 12.8. The Morgan fingerprint density at radius 2 is 1.65 bits per heavy atom. The second kappa shape index (κ2) is 14.3. The van der Waals surface area contributed by atoms with Crippen LogP contribution in [0.3, 0.4) is 0 Å². The lowest BCUT2D eigenvalue weighted by molar-refractivity contribution is -0.817. The van der Waals surface area contributed by atoms with Gasteiger partial charge >= 0.3 is 5.69 Å². The number of nitrogens with zero attached hydrogens (tertiary/aromatic N) is 7. The molecule has 1 aromatic heterocycles. The molecule has 3 aliphatic heterocycles. The van der Waals surface area contributed by atoms with Gasteiger partial charge in [-0.2, -0.15) is 15.1 Å². The molecule has 0 radical (unpaired) electrons. The number of hydrogen-bond acceptors (Lipinski definition) is 9. The molecule has 7 rings (SSSR count). The number of nitrogens with one attached hydrogen (secondary N) is 1. The van der Waals surface area contributed by atoms with Crippen LogP contribution in [0.4, 0.5) is 11.4 Å². The van der Waals surface area contributed by atoms with Crippen LogP contribution in [0.25, 0.3) is 5.69 Å². The number of ether oxygens (including phenoxy) is 3. The van der Waals surface area contributed by atoms with Gasteiger partial charge in [0.05, 0.1) is 23.4 Å². The van der Waals surface area contributed by atoms with E-state index in [1.165, 1.54) is 11.0 Å². The average molecular weight is 707 g/mol. The van der Waals surface area contributed by atoms with Gasteiger partial charge in [-0.15, -0.1) is 0 Å². The van der Waals surface area contributed by atoms with Crippen LogP contribution in [0.1, 0.15) is 31.9 Å². The third kappa shape index (κ3) is 7.10. The van der Waals surface area contributed by atoms with Crippen molar-refractivity contribution in [3.05, 3.63) is 99.2 Å². The van der Waals surface area contributed by atoms with E-state index in [0.29, 0.717) is 35.4 Å². The van der Waals surface area contributed by atoms with Crippen molar-refractivity contribution in [1.29, 1.82) is 0 Å². The molecule has 4 heterocycles. The molecule has 4 unspecified atom stereocenters. The van der Waals surface area contributed by atoms with Gasteiger partial charge < -0.3 is 24.0 Å². The Hall–Kier alpha value is -4.20. The van der Waals surface area contributed by atoms with Crippen molar-refractivity contribution in [2.45, 2.75) is 38.2 Å². The van der Waals surface area contributed by atoms with E-state index in [-0.39, 0.29) is 17.8 Å². The van der Waals surface area contributed by atoms with Gasteiger partial charge in [0.1, 0.15) is 24.8 Å². The van der Waals surface area contributed by atoms with Crippen LogP contribution >= 0.6 is 23.2 Å². The van der Waals surface area contributed by atoms with Gasteiger partial charge in [-0.05, 0) is 74.0 Å². The molecular formula is C35H39Cl2N8O4+. The predicted octanol–water partition coefficient (Wildman–Crippen LogP) is 4.16. The number of aliphatic imine (C=N–C) groups is 1. The molecular weight excluding hydrogens is 667 g/mol. The highest BCUT2D eigenvalue weighted by molar-refractivity contribution is 6.35. The van der Waals surface area contributed by atoms with Crippen LogP contribution in [-0.2, 0) is 15.3 Å². The van der Waals surface area contributed by atoms with E-state index in [1.807, 2.05) is 44.2 Å². The number of aromatic nitrogens is 3. The summed E-state index contributed by atoms with van der Waals surface area (Å²) < 4.78 is 22.1. The van der Waals surface area contributed by atoms with Crippen LogP contribution in [-0.4, -0.2) is 79.1 Å². The van der Waals surface area contributed by atoms with E-state index in [9.17, 15) is 4.79 Å². The summed E-state index contributed by atoms with van der Waals surface area (Å²) in [6, 6.07) is 21.6. The quantitative estimate of drug-likeness (QED) is 0.250. The van der Waals surface area contributed by atoms with E-state index in [4.69, 9.17) is 37.4 Å². The Balaban J connectivity index is 0.922. The van der Waals surface area contributed by atoms with E-state index in [2.05, 4.69) is 49.3 Å². The van der Waals surface area contributed by atoms with E-state index < -0.39 is 5.79 Å². The molecule has 0 aliphatic carbocycles. The molecule has 4 aromatic rings. The first kappa shape index (κ1) is 33.3. The Kier molecular flexibility index (Phi) is 9.75. The molecule has 0 bridgehead atoms. The SMILES string of the molecule is CCC(C)n1ncn(-c2ccc(N3CCN(c4ccc(OCC5COC(C[NH+]6C=NC=N6)(c6ccc(Cl)cc6Cl)O5)cc4)CC3)cc2)c1=O. The fourth-order valence-electron chi connectivity index (χ4n) is 6.32. The fourth-order valence-corrected chi connectivity index (χ4v) is 6.87. The minimum Gasteiger partial charge on any atom is -0.491 e. The third-order valence-corrected chi connectivity index (χ3v) is 9.79. The molecule has 4 atom stereocenters. The van der Waals surface area contributed by atoms with Crippen LogP contribution in [0.15, 0.2) is 87.9 Å². The summed E-state index contributed by atoms with van der Waals surface area (Å²) in [5.41, 5.74) is 3.67. The minimum absolute atomic E-state index is 0.0651. The maximum absolute atomic E-state index is 12.8. The topological polar surface area (TPSA) is 103 Å². The van der Waals surface area contributed by atoms with E-state index in [0.717, 1.165) is 60.4 Å². The van der Waals surface area contributed by atoms with Crippen molar-refractivity contribution >= 4 is 47.3 Å². The van der Waals surface area contributed by atoms with Gasteiger partial charge in [-0.25, -0.2) is 14.0 Å². The van der Waals surface area contributed by atoms with Crippen LogP contribution in [0.2, 0.25) is 10.0 Å². The summed E-state index contributed by atoms with van der Waals surface area (Å²) in [6.45, 7) is 8.60. The van der Waals surface area contributed by atoms with Gasteiger partial charge in [0, 0.05) is 48.1 Å². The summed E-state index contributed by atoms with van der Waals surface area (Å²) in [6.07, 6.45) is 5.32. The number of quaternary nitrogens is 1. The van der Waals surface area contributed by atoms with Crippen molar-refractivity contribution in [3.8, 4) is 11.4 Å². The first-order valence-electron chi connectivity index (χ1n) is 16.5. The molecule has 2 saturated heterocycles. The Labute approximate surface area is 294 Å². The zero-order valence-electron chi connectivity index (χ0n) is 27.4. The monoisotopic (exact) mass is 705 g/mol. The molecule has 49 heavy (non-hydrogen) atoms. The smallest absolute Gasteiger partial charge is 0.350 e. The number of halogens is 2. The molecule has 1 N–H and O–H groups in total. The molecule has 0 spiro atoms. The molecule has 14 heteroatoms. The molecule has 2 fully saturated rings. The van der Waals surface area contributed by atoms with Crippen molar-refractivity contribution in [2.75, 3.05) is 55.7 Å². The maximum atomic E-state index is 12.8. The standard InChI is InChI=1S/C35H38Cl2N8O4/c1-3-25(2)45-34(46)44(24-40-45)29-7-5-27(6-8-29)41-14-16-42(17-15-41)28-9-11-30(12-10-28)47-19-31-20-48-35(49-31,21-43-23-38-22-39-43)32-13-4-26(36)18-33(32)37/h4-13,18,22-25,31H,3,14-17,19-21H2,1-2H3/p+1. The second-order valence-corrected chi connectivity index (χ2v) is 13.2. The zero-order valence-corrected chi connectivity index (χ0v) is 28.9. The van der Waals surface area contributed by atoms with Gasteiger partial charge in [-0.1, -0.05) is 41.3 Å². The normalized spacial score (nSPS) is 22.6. The maximum Gasteiger partial charge on any atom is 0.350 e. The van der Waals surface area contributed by atoms with Crippen LogP contribution < -0.4 is 25.2 Å². The lowest BCUT2D eigenvalue weighted by Crippen LogP contribution is -3.07. The first-order chi connectivity index (χ1) is 23.8. The van der Waals surface area contributed by atoms with Crippen molar-refractivity contribution in [2.24, 2.45) is 10.1 Å². The summed E-state index contributed by atoms with van der Waals surface area (Å²) in [5.74, 6) is -0.368. The lowest BCUT2D eigenvalue weighted by Gasteiger charge is -2.37. The third-order valence-electron chi connectivity index (χ3n) is 9.24.